The lowest BCUT2D eigenvalue weighted by Gasteiger charge is -2.27. The number of non-ortho nitro benzene ring substituents is 1. The molecule has 1 heterocycles. The first-order valence-electron chi connectivity index (χ1n) is 6.90. The topological polar surface area (TPSA) is 109 Å². The number of anilines is 1. The van der Waals surface area contributed by atoms with E-state index in [-0.39, 0.29) is 16.6 Å². The van der Waals surface area contributed by atoms with Gasteiger partial charge in [-0.25, -0.2) is 0 Å². The number of amides is 1. The molecule has 0 radical (unpaired) electrons. The molecule has 0 bridgehead atoms. The number of carbonyl (C=O) groups excluding carboxylic acids is 1. The van der Waals surface area contributed by atoms with Crippen LogP contribution in [0, 0.1) is 10.1 Å². The highest BCUT2D eigenvalue weighted by Gasteiger charge is 2.35. The van der Waals surface area contributed by atoms with Gasteiger partial charge in [-0.15, -0.1) is 0 Å². The molecule has 1 atom stereocenters. The van der Waals surface area contributed by atoms with Gasteiger partial charge in [0.25, 0.3) is 11.6 Å². The number of nitrogens with one attached hydrogen (secondary N) is 3. The maximum absolute atomic E-state index is 12.1. The number of benzene rings is 1. The molecule has 26 heavy (non-hydrogen) atoms. The fourth-order valence-corrected chi connectivity index (χ4v) is 2.34. The van der Waals surface area contributed by atoms with Gasteiger partial charge in [-0.1, -0.05) is 34.8 Å². The molecule has 0 fully saturated rings. The first-order valence-corrected chi connectivity index (χ1v) is 8.44. The third kappa shape index (κ3) is 5.73. The fraction of sp³-hybridized carbons (Fsp3) is 0.143. The zero-order valence-corrected chi connectivity index (χ0v) is 15.8. The molecule has 1 aromatic heterocycles. The number of hydrogen-bond acceptors (Lipinski definition) is 5. The molecular weight excluding hydrogens is 427 g/mol. The Labute approximate surface area is 167 Å². The van der Waals surface area contributed by atoms with Gasteiger partial charge >= 0.3 is 0 Å². The minimum atomic E-state index is -1.93. The van der Waals surface area contributed by atoms with E-state index in [9.17, 15) is 14.9 Å². The number of alkyl halides is 3. The van der Waals surface area contributed by atoms with Gasteiger partial charge in [0.05, 0.1) is 11.2 Å². The summed E-state index contributed by atoms with van der Waals surface area (Å²) in [6.45, 7) is 0. The maximum atomic E-state index is 12.1. The summed E-state index contributed by atoms with van der Waals surface area (Å²) in [5.74, 6) is -0.586. The van der Waals surface area contributed by atoms with Gasteiger partial charge < -0.3 is 20.4 Å². The number of nitro benzene ring substituents is 1. The molecule has 0 saturated carbocycles. The van der Waals surface area contributed by atoms with Crippen molar-refractivity contribution in [3.05, 3.63) is 58.5 Å². The first-order chi connectivity index (χ1) is 12.2. The third-order valence-corrected chi connectivity index (χ3v) is 3.83. The molecule has 3 N–H and O–H groups in total. The molecule has 2 aromatic rings. The molecule has 2 rings (SSSR count). The largest absolute Gasteiger partial charge is 0.459 e. The van der Waals surface area contributed by atoms with Crippen molar-refractivity contribution in [3.8, 4) is 0 Å². The molecule has 1 amide bonds. The minimum Gasteiger partial charge on any atom is -0.459 e. The van der Waals surface area contributed by atoms with Crippen LogP contribution >= 0.6 is 47.0 Å². The van der Waals surface area contributed by atoms with Gasteiger partial charge in [-0.05, 0) is 36.5 Å². The van der Waals surface area contributed by atoms with E-state index in [1.165, 1.54) is 42.7 Å². The molecule has 0 aliphatic carbocycles. The number of hydrogen-bond donors (Lipinski definition) is 3. The monoisotopic (exact) mass is 436 g/mol. The van der Waals surface area contributed by atoms with Gasteiger partial charge in [0.15, 0.2) is 10.9 Å². The second-order valence-electron chi connectivity index (χ2n) is 4.83. The van der Waals surface area contributed by atoms with E-state index in [1.807, 2.05) is 0 Å². The normalized spacial score (nSPS) is 12.1. The summed E-state index contributed by atoms with van der Waals surface area (Å²) >= 11 is 22.7. The Kier molecular flexibility index (Phi) is 6.65. The number of rotatable bonds is 5. The molecule has 12 heteroatoms. The number of nitrogens with zero attached hydrogens (tertiary/aromatic N) is 1. The predicted molar refractivity (Wildman–Crippen MR) is 103 cm³/mol. The SMILES string of the molecule is O=C(N[C@@H](NC(=S)Nc1ccc([N+](=O)[O-])cc1)C(Cl)(Cl)Cl)c1ccco1. The minimum absolute atomic E-state index is 0.0231. The molecule has 8 nitrogen and oxygen atoms in total. The van der Waals surface area contributed by atoms with Gasteiger partial charge in [-0.2, -0.15) is 0 Å². The summed E-state index contributed by atoms with van der Waals surface area (Å²) in [6.07, 6.45) is 0.149. The van der Waals surface area contributed by atoms with Crippen LogP contribution in [0.4, 0.5) is 11.4 Å². The summed E-state index contributed by atoms with van der Waals surface area (Å²) in [7, 11) is 0. The van der Waals surface area contributed by atoms with E-state index in [2.05, 4.69) is 16.0 Å². The van der Waals surface area contributed by atoms with Crippen molar-refractivity contribution in [1.29, 1.82) is 0 Å². The van der Waals surface area contributed by atoms with Crippen LogP contribution in [0.5, 0.6) is 0 Å². The van der Waals surface area contributed by atoms with Crippen LogP contribution in [0.2, 0.25) is 0 Å². The summed E-state index contributed by atoms with van der Waals surface area (Å²) in [5, 5.41) is 18.5. The van der Waals surface area contributed by atoms with E-state index in [1.54, 1.807) is 0 Å². The lowest BCUT2D eigenvalue weighted by Crippen LogP contribution is -2.56. The molecule has 138 valence electrons. The highest BCUT2D eigenvalue weighted by molar-refractivity contribution is 7.80. The Morgan fingerprint density at radius 2 is 1.85 bits per heavy atom. The molecule has 0 aliphatic rings. The standard InChI is InChI=1S/C14H11Cl3N4O4S/c15-14(16,17)12(19-11(22)10-2-1-7-25-10)20-13(26)18-8-3-5-9(6-4-8)21(23)24/h1-7,12H,(H,19,22)(H2,18,20,26)/t12-/m0/s1. The maximum Gasteiger partial charge on any atom is 0.288 e. The molecule has 0 aliphatic heterocycles. The lowest BCUT2D eigenvalue weighted by atomic mass is 10.3. The van der Waals surface area contributed by atoms with E-state index in [4.69, 9.17) is 51.4 Å². The van der Waals surface area contributed by atoms with Crippen LogP contribution in [-0.2, 0) is 0 Å². The Morgan fingerprint density at radius 1 is 1.19 bits per heavy atom. The summed E-state index contributed by atoms with van der Waals surface area (Å²) in [4.78, 5) is 22.2. The van der Waals surface area contributed by atoms with Crippen molar-refractivity contribution in [2.24, 2.45) is 0 Å². The first kappa shape index (κ1) is 20.2. The lowest BCUT2D eigenvalue weighted by molar-refractivity contribution is -0.384. The van der Waals surface area contributed by atoms with Crippen LogP contribution in [0.3, 0.4) is 0 Å². The third-order valence-electron chi connectivity index (χ3n) is 2.96. The second kappa shape index (κ2) is 8.54. The average molecular weight is 438 g/mol. The van der Waals surface area contributed by atoms with Crippen molar-refractivity contribution in [2.45, 2.75) is 9.96 Å². The van der Waals surface area contributed by atoms with Gasteiger partial charge in [-0.3, -0.25) is 14.9 Å². The van der Waals surface area contributed by atoms with E-state index in [0.717, 1.165) is 0 Å². The van der Waals surface area contributed by atoms with E-state index in [0.29, 0.717) is 5.69 Å². The molecule has 1 aromatic carbocycles. The number of halogens is 3. The summed E-state index contributed by atoms with van der Waals surface area (Å²) < 4.78 is 3.04. The van der Waals surface area contributed by atoms with Crippen LogP contribution < -0.4 is 16.0 Å². The summed E-state index contributed by atoms with van der Waals surface area (Å²) in [5.41, 5.74) is 0.396. The molecular formula is C14H11Cl3N4O4S. The van der Waals surface area contributed by atoms with Gasteiger partial charge in [0.2, 0.25) is 3.79 Å². The van der Waals surface area contributed by atoms with Crippen LogP contribution in [-0.4, -0.2) is 25.9 Å². The highest BCUT2D eigenvalue weighted by atomic mass is 35.6. The van der Waals surface area contributed by atoms with Gasteiger partial charge in [0.1, 0.15) is 6.17 Å². The van der Waals surface area contributed by atoms with Crippen LogP contribution in [0.15, 0.2) is 47.1 Å². The highest BCUT2D eigenvalue weighted by Crippen LogP contribution is 2.29. The molecule has 0 saturated heterocycles. The molecule has 0 unspecified atom stereocenters. The van der Waals surface area contributed by atoms with Crippen molar-refractivity contribution < 1.29 is 14.1 Å². The smallest absolute Gasteiger partial charge is 0.288 e. The number of furan rings is 1. The quantitative estimate of drug-likeness (QED) is 0.215. The Hall–Kier alpha value is -2.07. The van der Waals surface area contributed by atoms with Crippen molar-refractivity contribution in [3.63, 3.8) is 0 Å². The van der Waals surface area contributed by atoms with Crippen molar-refractivity contribution in [1.82, 2.24) is 10.6 Å². The Bertz CT molecular complexity index is 794. The van der Waals surface area contributed by atoms with E-state index < -0.39 is 20.8 Å². The van der Waals surface area contributed by atoms with Gasteiger partial charge in [0, 0.05) is 17.8 Å². The van der Waals surface area contributed by atoms with Crippen LogP contribution in [0.25, 0.3) is 0 Å². The molecule has 0 spiro atoms. The predicted octanol–water partition coefficient (Wildman–Crippen LogP) is 3.60. The number of nitro groups is 1. The van der Waals surface area contributed by atoms with Crippen molar-refractivity contribution >= 4 is 69.4 Å². The number of carbonyl (C=O) groups is 1. The van der Waals surface area contributed by atoms with Crippen molar-refractivity contribution in [2.75, 3.05) is 5.32 Å². The summed E-state index contributed by atoms with van der Waals surface area (Å²) in [6, 6.07) is 8.49. The Morgan fingerprint density at radius 3 is 2.35 bits per heavy atom. The zero-order valence-electron chi connectivity index (χ0n) is 12.7. The number of thiocarbonyl (C=S) groups is 1. The second-order valence-corrected chi connectivity index (χ2v) is 7.61. The fourth-order valence-electron chi connectivity index (χ4n) is 1.77. The van der Waals surface area contributed by atoms with E-state index >= 15 is 0 Å². The zero-order chi connectivity index (χ0) is 19.3. The average Bonchev–Trinajstić information content (AvgIpc) is 3.08. The Balaban J connectivity index is 2.02. The van der Waals surface area contributed by atoms with Crippen LogP contribution in [0.1, 0.15) is 10.6 Å².